The van der Waals surface area contributed by atoms with Gasteiger partial charge in [-0.1, -0.05) is 0 Å². The second-order valence-corrected chi connectivity index (χ2v) is 4.96. The van der Waals surface area contributed by atoms with Crippen LogP contribution in [0.3, 0.4) is 0 Å². The van der Waals surface area contributed by atoms with Crippen LogP contribution in [0.1, 0.15) is 16.8 Å². The molecule has 0 unspecified atom stereocenters. The fourth-order valence-electron chi connectivity index (χ4n) is 2.20. The Bertz CT molecular complexity index is 533. The van der Waals surface area contributed by atoms with Crippen molar-refractivity contribution >= 4 is 11.7 Å². The van der Waals surface area contributed by atoms with Crippen molar-refractivity contribution in [3.63, 3.8) is 0 Å². The Morgan fingerprint density at radius 1 is 1.40 bits per heavy atom. The van der Waals surface area contributed by atoms with E-state index in [2.05, 4.69) is 0 Å². The molecule has 0 aliphatic carbocycles. The maximum Gasteiger partial charge on any atom is 0.236 e. The Hall–Kier alpha value is -1.95. The molecule has 0 bridgehead atoms. The van der Waals surface area contributed by atoms with Crippen molar-refractivity contribution in [2.45, 2.75) is 6.42 Å². The van der Waals surface area contributed by atoms with Crippen LogP contribution in [-0.4, -0.2) is 59.8 Å². The zero-order valence-electron chi connectivity index (χ0n) is 11.3. The third-order valence-electron chi connectivity index (χ3n) is 3.38. The summed E-state index contributed by atoms with van der Waals surface area (Å²) in [5, 5.41) is 9.60. The number of likely N-dealkylation sites (N-methyl/N-ethyl adjacent to an activating group) is 1. The summed E-state index contributed by atoms with van der Waals surface area (Å²) in [7, 11) is 1.73. The van der Waals surface area contributed by atoms with Crippen molar-refractivity contribution in [3.05, 3.63) is 29.6 Å². The van der Waals surface area contributed by atoms with Crippen LogP contribution in [0.2, 0.25) is 0 Å². The van der Waals surface area contributed by atoms with E-state index in [0.717, 1.165) is 24.6 Å². The molecule has 1 fully saturated rings. The SMILES string of the molecule is CN1CCCN(CC(=O)c2cc(F)ccc2O)CC1=O. The first-order valence-electron chi connectivity index (χ1n) is 6.45. The lowest BCUT2D eigenvalue weighted by molar-refractivity contribution is -0.129. The van der Waals surface area contributed by atoms with Crippen LogP contribution in [0.5, 0.6) is 5.75 Å². The molecule has 0 radical (unpaired) electrons. The monoisotopic (exact) mass is 280 g/mol. The molecule has 1 aromatic carbocycles. The lowest BCUT2D eigenvalue weighted by atomic mass is 10.1. The number of nitrogens with zero attached hydrogens (tertiary/aromatic N) is 2. The first-order chi connectivity index (χ1) is 9.47. The number of benzene rings is 1. The highest BCUT2D eigenvalue weighted by Gasteiger charge is 2.22. The number of rotatable bonds is 3. The predicted octanol–water partition coefficient (Wildman–Crippen LogP) is 0.878. The number of phenolic OH excluding ortho intramolecular Hbond substituents is 1. The van der Waals surface area contributed by atoms with Crippen LogP contribution in [0.25, 0.3) is 0 Å². The van der Waals surface area contributed by atoms with Gasteiger partial charge >= 0.3 is 0 Å². The van der Waals surface area contributed by atoms with Gasteiger partial charge in [-0.05, 0) is 24.6 Å². The van der Waals surface area contributed by atoms with Crippen molar-refractivity contribution in [1.29, 1.82) is 0 Å². The molecule has 1 aliphatic heterocycles. The summed E-state index contributed by atoms with van der Waals surface area (Å²) in [6.45, 7) is 1.45. The molecule has 1 N–H and O–H groups in total. The van der Waals surface area contributed by atoms with Crippen molar-refractivity contribution in [2.24, 2.45) is 0 Å². The van der Waals surface area contributed by atoms with Crippen LogP contribution >= 0.6 is 0 Å². The molecule has 0 spiro atoms. The molecule has 0 saturated carbocycles. The number of aromatic hydroxyl groups is 1. The van der Waals surface area contributed by atoms with Gasteiger partial charge in [0.2, 0.25) is 5.91 Å². The number of amides is 1. The van der Waals surface area contributed by atoms with Crippen LogP contribution in [0.15, 0.2) is 18.2 Å². The largest absolute Gasteiger partial charge is 0.507 e. The number of Topliss-reactive ketones (excluding diaryl/α,β-unsaturated/α-hetero) is 1. The van der Waals surface area contributed by atoms with E-state index >= 15 is 0 Å². The summed E-state index contributed by atoms with van der Waals surface area (Å²) in [5.74, 6) is -1.24. The third kappa shape index (κ3) is 3.33. The van der Waals surface area contributed by atoms with E-state index in [0.29, 0.717) is 13.1 Å². The zero-order valence-corrected chi connectivity index (χ0v) is 11.3. The summed E-state index contributed by atoms with van der Waals surface area (Å²) >= 11 is 0. The van der Waals surface area contributed by atoms with Crippen LogP contribution in [0.4, 0.5) is 4.39 Å². The minimum Gasteiger partial charge on any atom is -0.507 e. The highest BCUT2D eigenvalue weighted by molar-refractivity contribution is 6.00. The topological polar surface area (TPSA) is 60.9 Å². The summed E-state index contributed by atoms with van der Waals surface area (Å²) in [5.41, 5.74) is -0.0462. The molecular formula is C14H17FN2O3. The van der Waals surface area contributed by atoms with Crippen molar-refractivity contribution < 1.29 is 19.1 Å². The molecule has 108 valence electrons. The van der Waals surface area contributed by atoms with Gasteiger partial charge in [0.05, 0.1) is 18.7 Å². The molecule has 1 saturated heterocycles. The van der Waals surface area contributed by atoms with Crippen molar-refractivity contribution in [1.82, 2.24) is 9.80 Å². The van der Waals surface area contributed by atoms with E-state index in [1.54, 1.807) is 16.8 Å². The molecule has 5 nitrogen and oxygen atoms in total. The maximum atomic E-state index is 13.1. The number of ketones is 1. The van der Waals surface area contributed by atoms with Gasteiger partial charge in [0, 0.05) is 20.1 Å². The number of carbonyl (C=O) groups is 2. The number of carbonyl (C=O) groups excluding carboxylic acids is 2. The molecule has 2 rings (SSSR count). The fourth-order valence-corrected chi connectivity index (χ4v) is 2.20. The first kappa shape index (κ1) is 14.5. The second-order valence-electron chi connectivity index (χ2n) is 4.96. The molecule has 20 heavy (non-hydrogen) atoms. The lowest BCUT2D eigenvalue weighted by Crippen LogP contribution is -2.37. The summed E-state index contributed by atoms with van der Waals surface area (Å²) in [4.78, 5) is 27.2. The van der Waals surface area contributed by atoms with Crippen LogP contribution in [0, 0.1) is 5.82 Å². The Morgan fingerprint density at radius 3 is 2.90 bits per heavy atom. The first-order valence-corrected chi connectivity index (χ1v) is 6.45. The Morgan fingerprint density at radius 2 is 2.15 bits per heavy atom. The van der Waals surface area contributed by atoms with Gasteiger partial charge in [0.15, 0.2) is 5.78 Å². The van der Waals surface area contributed by atoms with E-state index in [1.807, 2.05) is 0 Å². The average molecular weight is 280 g/mol. The highest BCUT2D eigenvalue weighted by atomic mass is 19.1. The van der Waals surface area contributed by atoms with E-state index < -0.39 is 5.82 Å². The summed E-state index contributed by atoms with van der Waals surface area (Å²) in [6, 6.07) is 3.27. The third-order valence-corrected chi connectivity index (χ3v) is 3.38. The average Bonchev–Trinajstić information content (AvgIpc) is 2.55. The maximum absolute atomic E-state index is 13.1. The van der Waals surface area contributed by atoms with E-state index in [1.165, 1.54) is 0 Å². The molecule has 1 aliphatic rings. The lowest BCUT2D eigenvalue weighted by Gasteiger charge is -2.18. The van der Waals surface area contributed by atoms with Gasteiger partial charge in [-0.25, -0.2) is 4.39 Å². The Balaban J connectivity index is 2.07. The van der Waals surface area contributed by atoms with E-state index in [9.17, 15) is 19.1 Å². The number of hydrogen-bond donors (Lipinski definition) is 1. The second kappa shape index (κ2) is 6.00. The van der Waals surface area contributed by atoms with E-state index in [-0.39, 0.29) is 36.1 Å². The van der Waals surface area contributed by atoms with Crippen LogP contribution < -0.4 is 0 Å². The van der Waals surface area contributed by atoms with Crippen molar-refractivity contribution in [3.8, 4) is 5.75 Å². The molecule has 1 heterocycles. The van der Waals surface area contributed by atoms with Gasteiger partial charge < -0.3 is 10.0 Å². The van der Waals surface area contributed by atoms with Gasteiger partial charge in [-0.3, -0.25) is 14.5 Å². The smallest absolute Gasteiger partial charge is 0.236 e. The normalized spacial score (nSPS) is 17.1. The molecule has 1 aromatic rings. The number of hydrogen-bond acceptors (Lipinski definition) is 4. The number of phenols is 1. The summed E-state index contributed by atoms with van der Waals surface area (Å²) < 4.78 is 13.1. The van der Waals surface area contributed by atoms with Gasteiger partial charge in [0.1, 0.15) is 11.6 Å². The Labute approximate surface area is 116 Å². The minimum atomic E-state index is -0.571. The van der Waals surface area contributed by atoms with Gasteiger partial charge in [-0.15, -0.1) is 0 Å². The van der Waals surface area contributed by atoms with E-state index in [4.69, 9.17) is 0 Å². The molecule has 6 heteroatoms. The van der Waals surface area contributed by atoms with Gasteiger partial charge in [-0.2, -0.15) is 0 Å². The standard InChI is InChI=1S/C14H17FN2O3/c1-16-5-2-6-17(9-14(16)20)8-13(19)11-7-10(15)3-4-12(11)18/h3-4,7,18H,2,5-6,8-9H2,1H3. The van der Waals surface area contributed by atoms with Crippen LogP contribution in [-0.2, 0) is 4.79 Å². The summed E-state index contributed by atoms with van der Waals surface area (Å²) in [6.07, 6.45) is 0.782. The Kier molecular flexibility index (Phi) is 4.34. The molecular weight excluding hydrogens is 263 g/mol. The fraction of sp³-hybridized carbons (Fsp3) is 0.429. The van der Waals surface area contributed by atoms with Crippen molar-refractivity contribution in [2.75, 3.05) is 33.2 Å². The minimum absolute atomic E-state index is 0.00338. The highest BCUT2D eigenvalue weighted by Crippen LogP contribution is 2.19. The predicted molar refractivity (Wildman–Crippen MR) is 71.1 cm³/mol. The molecule has 0 atom stereocenters. The number of halogens is 1. The zero-order chi connectivity index (χ0) is 14.7. The quantitative estimate of drug-likeness (QED) is 0.835. The van der Waals surface area contributed by atoms with Gasteiger partial charge in [0.25, 0.3) is 0 Å². The molecule has 0 aromatic heterocycles. The molecule has 1 amide bonds.